The first-order valence-corrected chi connectivity index (χ1v) is 7.63. The number of allylic oxidation sites excluding steroid dienone is 1. The Morgan fingerprint density at radius 1 is 1.35 bits per heavy atom. The van der Waals surface area contributed by atoms with Gasteiger partial charge in [0, 0.05) is 37.8 Å². The highest BCUT2D eigenvalue weighted by molar-refractivity contribution is 6.43. The fraction of sp³-hybridized carbons (Fsp3) is 0.467. The maximum Gasteiger partial charge on any atom is 0.140 e. The summed E-state index contributed by atoms with van der Waals surface area (Å²) in [5.41, 5.74) is 0.850. The summed E-state index contributed by atoms with van der Waals surface area (Å²) in [6.07, 6.45) is 3.72. The maximum atomic E-state index is 10.3. The van der Waals surface area contributed by atoms with Gasteiger partial charge >= 0.3 is 0 Å². The van der Waals surface area contributed by atoms with Crippen LogP contribution in [0.3, 0.4) is 0 Å². The minimum absolute atomic E-state index is 0.103. The van der Waals surface area contributed by atoms with Crippen LogP contribution in [0.4, 0.5) is 0 Å². The van der Waals surface area contributed by atoms with Gasteiger partial charge in [-0.3, -0.25) is 4.90 Å². The molecule has 20 heavy (non-hydrogen) atoms. The molecule has 0 bridgehead atoms. The average molecular weight is 315 g/mol. The number of rotatable bonds is 5. The Kier molecular flexibility index (Phi) is 5.73. The molecule has 2 rings (SSSR count). The first-order chi connectivity index (χ1) is 9.65. The minimum Gasteiger partial charge on any atom is -0.506 e. The summed E-state index contributed by atoms with van der Waals surface area (Å²) in [6, 6.07) is 3.77. The third-order valence-electron chi connectivity index (χ3n) is 3.70. The Morgan fingerprint density at radius 2 is 2.05 bits per heavy atom. The summed E-state index contributed by atoms with van der Waals surface area (Å²) in [5, 5.41) is 14.3. The molecule has 1 aromatic rings. The summed E-state index contributed by atoms with van der Waals surface area (Å²) in [7, 11) is 0. The van der Waals surface area contributed by atoms with Crippen LogP contribution in [-0.2, 0) is 0 Å². The molecule has 5 heteroatoms. The lowest BCUT2D eigenvalue weighted by atomic mass is 9.98. The number of benzene rings is 1. The zero-order valence-corrected chi connectivity index (χ0v) is 12.9. The topological polar surface area (TPSA) is 35.5 Å². The van der Waals surface area contributed by atoms with Crippen LogP contribution in [0, 0.1) is 0 Å². The van der Waals surface area contributed by atoms with Crippen LogP contribution in [0.15, 0.2) is 24.8 Å². The maximum absolute atomic E-state index is 10.3. The normalized spacial score (nSPS) is 17.9. The molecule has 0 amide bonds. The van der Waals surface area contributed by atoms with E-state index >= 15 is 0 Å². The van der Waals surface area contributed by atoms with Gasteiger partial charge in [0.15, 0.2) is 0 Å². The summed E-state index contributed by atoms with van der Waals surface area (Å²) in [5.74, 6) is 0.103. The van der Waals surface area contributed by atoms with Crippen molar-refractivity contribution in [2.75, 3.05) is 26.2 Å². The molecule has 2 N–H and O–H groups in total. The molecule has 1 aliphatic heterocycles. The fourth-order valence-electron chi connectivity index (χ4n) is 2.63. The number of halogens is 2. The van der Waals surface area contributed by atoms with E-state index in [1.807, 2.05) is 12.1 Å². The van der Waals surface area contributed by atoms with Gasteiger partial charge in [-0.15, -0.1) is 6.58 Å². The summed E-state index contributed by atoms with van der Waals surface area (Å²) in [4.78, 5) is 2.37. The molecule has 1 aliphatic rings. The number of nitrogens with zero attached hydrogens (tertiary/aromatic N) is 1. The third-order valence-corrected chi connectivity index (χ3v) is 4.49. The molecular formula is C15H20Cl2N2O. The summed E-state index contributed by atoms with van der Waals surface area (Å²) in [6.45, 7) is 7.63. The predicted molar refractivity (Wildman–Crippen MR) is 84.7 cm³/mol. The number of phenols is 1. The van der Waals surface area contributed by atoms with Crippen LogP contribution >= 0.6 is 23.2 Å². The van der Waals surface area contributed by atoms with Crippen molar-refractivity contribution in [2.45, 2.75) is 18.9 Å². The lowest BCUT2D eigenvalue weighted by Gasteiger charge is -2.35. The second kappa shape index (κ2) is 7.32. The van der Waals surface area contributed by atoms with Gasteiger partial charge in [0.05, 0.1) is 5.02 Å². The Hall–Kier alpha value is -0.740. The van der Waals surface area contributed by atoms with E-state index in [9.17, 15) is 5.11 Å². The van der Waals surface area contributed by atoms with Gasteiger partial charge in [-0.2, -0.15) is 0 Å². The smallest absolute Gasteiger partial charge is 0.140 e. The Morgan fingerprint density at radius 3 is 2.70 bits per heavy atom. The number of hydrogen-bond donors (Lipinski definition) is 2. The van der Waals surface area contributed by atoms with Crippen molar-refractivity contribution in [3.63, 3.8) is 0 Å². The van der Waals surface area contributed by atoms with E-state index in [1.54, 1.807) is 6.07 Å². The van der Waals surface area contributed by atoms with E-state index in [0.29, 0.717) is 5.02 Å². The molecule has 3 nitrogen and oxygen atoms in total. The van der Waals surface area contributed by atoms with E-state index in [-0.39, 0.29) is 16.8 Å². The molecule has 0 spiro atoms. The largest absolute Gasteiger partial charge is 0.506 e. The van der Waals surface area contributed by atoms with Gasteiger partial charge in [-0.1, -0.05) is 35.3 Å². The molecular weight excluding hydrogens is 295 g/mol. The number of nitrogens with one attached hydrogen (secondary N) is 1. The van der Waals surface area contributed by atoms with Crippen LogP contribution in [0.5, 0.6) is 5.75 Å². The first kappa shape index (κ1) is 15.6. The number of phenolic OH excluding ortho intramolecular Hbond substituents is 1. The fourth-order valence-corrected chi connectivity index (χ4v) is 2.95. The van der Waals surface area contributed by atoms with Crippen molar-refractivity contribution < 1.29 is 5.11 Å². The second-order valence-electron chi connectivity index (χ2n) is 4.97. The molecule has 0 unspecified atom stereocenters. The summed E-state index contributed by atoms with van der Waals surface area (Å²) < 4.78 is 0. The van der Waals surface area contributed by atoms with Gasteiger partial charge < -0.3 is 10.4 Å². The molecule has 1 heterocycles. The van der Waals surface area contributed by atoms with Gasteiger partial charge in [-0.25, -0.2) is 0 Å². The Labute approximate surface area is 130 Å². The Bertz CT molecular complexity index is 473. The van der Waals surface area contributed by atoms with Crippen LogP contribution in [-0.4, -0.2) is 36.2 Å². The highest BCUT2D eigenvalue weighted by Crippen LogP contribution is 2.40. The molecule has 0 aliphatic carbocycles. The van der Waals surface area contributed by atoms with Crippen molar-refractivity contribution in [2.24, 2.45) is 0 Å². The second-order valence-corrected chi connectivity index (χ2v) is 5.75. The number of hydrogen-bond acceptors (Lipinski definition) is 3. The van der Waals surface area contributed by atoms with Crippen molar-refractivity contribution in [1.29, 1.82) is 0 Å². The molecule has 0 aromatic heterocycles. The van der Waals surface area contributed by atoms with Crippen molar-refractivity contribution in [1.82, 2.24) is 10.2 Å². The van der Waals surface area contributed by atoms with Gasteiger partial charge in [0.25, 0.3) is 0 Å². The minimum atomic E-state index is 0.103. The van der Waals surface area contributed by atoms with Crippen LogP contribution in [0.1, 0.15) is 24.4 Å². The van der Waals surface area contributed by atoms with Crippen LogP contribution in [0.25, 0.3) is 0 Å². The zero-order chi connectivity index (χ0) is 14.5. The van der Waals surface area contributed by atoms with Gasteiger partial charge in [0.2, 0.25) is 0 Å². The molecule has 0 radical (unpaired) electrons. The quantitative estimate of drug-likeness (QED) is 0.815. The lowest BCUT2D eigenvalue weighted by Crippen LogP contribution is -2.45. The van der Waals surface area contributed by atoms with E-state index in [4.69, 9.17) is 23.2 Å². The molecule has 1 fully saturated rings. The predicted octanol–water partition coefficient (Wildman–Crippen LogP) is 3.61. The van der Waals surface area contributed by atoms with Crippen molar-refractivity contribution >= 4 is 23.2 Å². The SMILES string of the molecule is C=CCC[C@@H](c1ccc(Cl)c(Cl)c1O)N1CCNCC1. The van der Waals surface area contributed by atoms with Crippen LogP contribution < -0.4 is 5.32 Å². The van der Waals surface area contributed by atoms with E-state index < -0.39 is 0 Å². The van der Waals surface area contributed by atoms with Crippen molar-refractivity contribution in [3.8, 4) is 5.75 Å². The van der Waals surface area contributed by atoms with E-state index in [1.165, 1.54) is 0 Å². The molecule has 1 saturated heterocycles. The monoisotopic (exact) mass is 314 g/mol. The molecule has 0 saturated carbocycles. The third kappa shape index (κ3) is 3.47. The zero-order valence-electron chi connectivity index (χ0n) is 11.4. The summed E-state index contributed by atoms with van der Waals surface area (Å²) >= 11 is 12.0. The van der Waals surface area contributed by atoms with Gasteiger partial charge in [-0.05, 0) is 18.9 Å². The number of aromatic hydroxyl groups is 1. The molecule has 110 valence electrons. The highest BCUT2D eigenvalue weighted by atomic mass is 35.5. The average Bonchev–Trinajstić information content (AvgIpc) is 2.48. The standard InChI is InChI=1S/C15H20Cl2N2O/c1-2-3-4-13(19-9-7-18-8-10-19)11-5-6-12(16)14(17)15(11)20/h2,5-6,13,18,20H,1,3-4,7-10H2/t13-/m0/s1. The van der Waals surface area contributed by atoms with E-state index in [0.717, 1.165) is 44.6 Å². The van der Waals surface area contributed by atoms with Gasteiger partial charge in [0.1, 0.15) is 10.8 Å². The van der Waals surface area contributed by atoms with E-state index in [2.05, 4.69) is 16.8 Å². The Balaban J connectivity index is 2.29. The molecule has 1 aromatic carbocycles. The molecule has 1 atom stereocenters. The lowest BCUT2D eigenvalue weighted by molar-refractivity contribution is 0.163. The van der Waals surface area contributed by atoms with Crippen molar-refractivity contribution in [3.05, 3.63) is 40.4 Å². The van der Waals surface area contributed by atoms with Crippen LogP contribution in [0.2, 0.25) is 10.0 Å². The first-order valence-electron chi connectivity index (χ1n) is 6.87. The number of piperazine rings is 1. The highest BCUT2D eigenvalue weighted by Gasteiger charge is 2.25.